The van der Waals surface area contributed by atoms with Gasteiger partial charge >= 0.3 is 0 Å². The van der Waals surface area contributed by atoms with Crippen LogP contribution in [0.15, 0.2) is 24.3 Å². The van der Waals surface area contributed by atoms with E-state index >= 15 is 0 Å². The zero-order chi connectivity index (χ0) is 11.1. The van der Waals surface area contributed by atoms with Crippen molar-refractivity contribution in [2.24, 2.45) is 5.92 Å². The zero-order valence-electron chi connectivity index (χ0n) is 9.66. The fourth-order valence-electron chi connectivity index (χ4n) is 1.66. The van der Waals surface area contributed by atoms with Gasteiger partial charge in [-0.05, 0) is 12.0 Å². The van der Waals surface area contributed by atoms with Crippen LogP contribution in [0.2, 0.25) is 0 Å². The second-order valence-electron chi connectivity index (χ2n) is 3.88. The average molecular weight is 207 g/mol. The summed E-state index contributed by atoms with van der Waals surface area (Å²) in [6, 6.07) is 7.92. The van der Waals surface area contributed by atoms with Crippen LogP contribution >= 0.6 is 0 Å². The topological polar surface area (TPSA) is 32.3 Å². The molecule has 15 heavy (non-hydrogen) atoms. The lowest BCUT2D eigenvalue weighted by Gasteiger charge is -2.16. The lowest BCUT2D eigenvalue weighted by atomic mass is 10.0. The van der Waals surface area contributed by atoms with Gasteiger partial charge in [-0.2, -0.15) is 0 Å². The Bertz CT molecular complexity index is 282. The van der Waals surface area contributed by atoms with Crippen LogP contribution in [0.25, 0.3) is 0 Å². The molecule has 0 unspecified atom stereocenters. The van der Waals surface area contributed by atoms with Gasteiger partial charge in [-0.25, -0.2) is 0 Å². The van der Waals surface area contributed by atoms with Crippen LogP contribution in [0, 0.1) is 5.92 Å². The van der Waals surface area contributed by atoms with Gasteiger partial charge in [0.05, 0.1) is 6.61 Å². The van der Waals surface area contributed by atoms with E-state index in [2.05, 4.69) is 19.2 Å². The highest BCUT2D eigenvalue weighted by atomic mass is 16.3. The van der Waals surface area contributed by atoms with E-state index in [9.17, 15) is 0 Å². The number of anilines is 1. The number of rotatable bonds is 6. The van der Waals surface area contributed by atoms with Crippen molar-refractivity contribution in [3.05, 3.63) is 29.8 Å². The SMILES string of the molecule is CCC(CC)CNc1ccccc1CO. The molecule has 0 radical (unpaired) electrons. The number of aliphatic hydroxyl groups excluding tert-OH is 1. The largest absolute Gasteiger partial charge is 0.392 e. The van der Waals surface area contributed by atoms with Crippen LogP contribution in [-0.2, 0) is 6.61 Å². The molecule has 84 valence electrons. The Morgan fingerprint density at radius 3 is 2.47 bits per heavy atom. The highest BCUT2D eigenvalue weighted by molar-refractivity contribution is 5.50. The summed E-state index contributed by atoms with van der Waals surface area (Å²) in [5, 5.41) is 12.6. The Morgan fingerprint density at radius 2 is 1.87 bits per heavy atom. The Labute approximate surface area is 92.3 Å². The molecule has 0 atom stereocenters. The molecule has 2 nitrogen and oxygen atoms in total. The van der Waals surface area contributed by atoms with Crippen LogP contribution in [0.5, 0.6) is 0 Å². The first-order valence-corrected chi connectivity index (χ1v) is 5.74. The van der Waals surface area contributed by atoms with Crippen molar-refractivity contribution in [2.75, 3.05) is 11.9 Å². The lowest BCUT2D eigenvalue weighted by molar-refractivity contribution is 0.282. The number of benzene rings is 1. The lowest BCUT2D eigenvalue weighted by Crippen LogP contribution is -2.13. The number of hydrogen-bond acceptors (Lipinski definition) is 2. The molecule has 0 spiro atoms. The maximum Gasteiger partial charge on any atom is 0.0701 e. The first-order chi connectivity index (χ1) is 7.31. The minimum absolute atomic E-state index is 0.103. The summed E-state index contributed by atoms with van der Waals surface area (Å²) in [4.78, 5) is 0. The normalized spacial score (nSPS) is 10.7. The molecule has 1 aromatic rings. The maximum absolute atomic E-state index is 9.16. The fourth-order valence-corrected chi connectivity index (χ4v) is 1.66. The molecule has 0 aliphatic carbocycles. The molecule has 0 amide bonds. The van der Waals surface area contributed by atoms with E-state index in [0.29, 0.717) is 0 Å². The summed E-state index contributed by atoms with van der Waals surface area (Å²) in [6.07, 6.45) is 2.40. The van der Waals surface area contributed by atoms with Crippen molar-refractivity contribution in [1.82, 2.24) is 0 Å². The van der Waals surface area contributed by atoms with Crippen molar-refractivity contribution in [1.29, 1.82) is 0 Å². The summed E-state index contributed by atoms with van der Waals surface area (Å²) < 4.78 is 0. The second kappa shape index (κ2) is 6.46. The van der Waals surface area contributed by atoms with Gasteiger partial charge in [-0.1, -0.05) is 44.9 Å². The average Bonchev–Trinajstić information content (AvgIpc) is 2.31. The third kappa shape index (κ3) is 3.56. The molecular weight excluding hydrogens is 186 g/mol. The number of nitrogens with one attached hydrogen (secondary N) is 1. The van der Waals surface area contributed by atoms with Gasteiger partial charge < -0.3 is 10.4 Å². The Kier molecular flexibility index (Phi) is 5.19. The summed E-state index contributed by atoms with van der Waals surface area (Å²) >= 11 is 0. The summed E-state index contributed by atoms with van der Waals surface area (Å²) in [5.74, 6) is 0.719. The zero-order valence-corrected chi connectivity index (χ0v) is 9.66. The third-order valence-electron chi connectivity index (χ3n) is 2.92. The van der Waals surface area contributed by atoms with Gasteiger partial charge in [0.2, 0.25) is 0 Å². The minimum Gasteiger partial charge on any atom is -0.392 e. The van der Waals surface area contributed by atoms with Crippen LogP contribution in [0.3, 0.4) is 0 Å². The third-order valence-corrected chi connectivity index (χ3v) is 2.92. The monoisotopic (exact) mass is 207 g/mol. The van der Waals surface area contributed by atoms with Gasteiger partial charge in [0, 0.05) is 17.8 Å². The summed E-state index contributed by atoms with van der Waals surface area (Å²) in [7, 11) is 0. The quantitative estimate of drug-likeness (QED) is 0.751. The molecule has 2 heteroatoms. The molecule has 2 N–H and O–H groups in total. The second-order valence-corrected chi connectivity index (χ2v) is 3.88. The minimum atomic E-state index is 0.103. The molecule has 1 rings (SSSR count). The van der Waals surface area contributed by atoms with Gasteiger partial charge in [0.25, 0.3) is 0 Å². The van der Waals surface area contributed by atoms with Gasteiger partial charge in [-0.3, -0.25) is 0 Å². The first-order valence-electron chi connectivity index (χ1n) is 5.74. The van der Waals surface area contributed by atoms with E-state index in [-0.39, 0.29) is 6.61 Å². The maximum atomic E-state index is 9.16. The molecule has 0 aromatic heterocycles. The van der Waals surface area contributed by atoms with E-state index in [1.165, 1.54) is 12.8 Å². The molecular formula is C13H21NO. The van der Waals surface area contributed by atoms with Crippen molar-refractivity contribution >= 4 is 5.69 Å². The Hall–Kier alpha value is -1.02. The molecule has 0 saturated heterocycles. The highest BCUT2D eigenvalue weighted by Gasteiger charge is 2.04. The Morgan fingerprint density at radius 1 is 1.20 bits per heavy atom. The molecule has 0 saturated carbocycles. The van der Waals surface area contributed by atoms with E-state index in [1.54, 1.807) is 0 Å². The molecule has 1 aromatic carbocycles. The summed E-state index contributed by atoms with van der Waals surface area (Å²) in [5.41, 5.74) is 2.04. The highest BCUT2D eigenvalue weighted by Crippen LogP contribution is 2.16. The van der Waals surface area contributed by atoms with E-state index in [0.717, 1.165) is 23.7 Å². The smallest absolute Gasteiger partial charge is 0.0701 e. The first kappa shape index (κ1) is 12.1. The van der Waals surface area contributed by atoms with Crippen molar-refractivity contribution in [3.63, 3.8) is 0 Å². The Balaban J connectivity index is 2.56. The van der Waals surface area contributed by atoms with Gasteiger partial charge in [-0.15, -0.1) is 0 Å². The van der Waals surface area contributed by atoms with Crippen LogP contribution in [0.4, 0.5) is 5.69 Å². The van der Waals surface area contributed by atoms with E-state index in [4.69, 9.17) is 5.11 Å². The predicted octanol–water partition coefficient (Wildman–Crippen LogP) is 3.03. The van der Waals surface area contributed by atoms with Crippen molar-refractivity contribution in [2.45, 2.75) is 33.3 Å². The fraction of sp³-hybridized carbons (Fsp3) is 0.538. The molecule has 0 aliphatic heterocycles. The van der Waals surface area contributed by atoms with Crippen molar-refractivity contribution in [3.8, 4) is 0 Å². The van der Waals surface area contributed by atoms with Crippen LogP contribution < -0.4 is 5.32 Å². The number of para-hydroxylation sites is 1. The number of hydrogen-bond donors (Lipinski definition) is 2. The van der Waals surface area contributed by atoms with Crippen LogP contribution in [0.1, 0.15) is 32.3 Å². The number of aliphatic hydroxyl groups is 1. The molecule has 0 heterocycles. The van der Waals surface area contributed by atoms with E-state index < -0.39 is 0 Å². The van der Waals surface area contributed by atoms with Gasteiger partial charge in [0.15, 0.2) is 0 Å². The summed E-state index contributed by atoms with van der Waals surface area (Å²) in [6.45, 7) is 5.53. The van der Waals surface area contributed by atoms with Crippen molar-refractivity contribution < 1.29 is 5.11 Å². The molecule has 0 aliphatic rings. The van der Waals surface area contributed by atoms with E-state index in [1.807, 2.05) is 24.3 Å². The predicted molar refractivity (Wildman–Crippen MR) is 64.9 cm³/mol. The molecule has 0 fully saturated rings. The standard InChI is InChI=1S/C13H21NO/c1-3-11(4-2)9-14-13-8-6-5-7-12(13)10-15/h5-8,11,14-15H,3-4,9-10H2,1-2H3. The molecule has 0 bridgehead atoms. The van der Waals surface area contributed by atoms with Gasteiger partial charge in [0.1, 0.15) is 0 Å². The van der Waals surface area contributed by atoms with Crippen LogP contribution in [-0.4, -0.2) is 11.7 Å².